The molecule has 1 heterocycles. The Kier molecular flexibility index (Phi) is 5.68. The van der Waals surface area contributed by atoms with Gasteiger partial charge in [0.05, 0.1) is 24.1 Å². The Labute approximate surface area is 157 Å². The second-order valence-corrected chi connectivity index (χ2v) is 7.58. The van der Waals surface area contributed by atoms with Crippen LogP contribution in [0.25, 0.3) is 0 Å². The van der Waals surface area contributed by atoms with E-state index < -0.39 is 16.0 Å². The lowest BCUT2D eigenvalue weighted by Crippen LogP contribution is -2.24. The second-order valence-electron chi connectivity index (χ2n) is 5.82. The van der Waals surface area contributed by atoms with Crippen molar-refractivity contribution in [1.82, 2.24) is 14.5 Å². The summed E-state index contributed by atoms with van der Waals surface area (Å²) in [6.45, 7) is 0.672. The first kappa shape index (κ1) is 18.8. The van der Waals surface area contributed by atoms with Gasteiger partial charge in [-0.2, -0.15) is 5.10 Å². The van der Waals surface area contributed by atoms with Gasteiger partial charge in [-0.25, -0.2) is 17.9 Å². The van der Waals surface area contributed by atoms with Crippen LogP contribution in [-0.4, -0.2) is 31.3 Å². The van der Waals surface area contributed by atoms with Crippen molar-refractivity contribution in [3.63, 3.8) is 0 Å². The minimum atomic E-state index is -3.78. The first-order valence-corrected chi connectivity index (χ1v) is 9.70. The summed E-state index contributed by atoms with van der Waals surface area (Å²) in [7, 11) is -2.53. The molecule has 0 atom stereocenters. The average Bonchev–Trinajstić information content (AvgIpc) is 3.20. The Balaban J connectivity index is 1.77. The maximum absolute atomic E-state index is 12.6. The molecule has 0 unspecified atom stereocenters. The van der Waals surface area contributed by atoms with E-state index in [1.807, 2.05) is 36.5 Å². The highest BCUT2D eigenvalue weighted by atomic mass is 32.2. The highest BCUT2D eigenvalue weighted by molar-refractivity contribution is 7.89. The highest BCUT2D eigenvalue weighted by Crippen LogP contribution is 2.15. The van der Waals surface area contributed by atoms with Crippen LogP contribution in [0.4, 0.5) is 0 Å². The van der Waals surface area contributed by atoms with Crippen molar-refractivity contribution >= 4 is 16.0 Å². The maximum Gasteiger partial charge on any atom is 0.337 e. The van der Waals surface area contributed by atoms with Crippen LogP contribution in [0.1, 0.15) is 21.5 Å². The topological polar surface area (TPSA) is 90.3 Å². The standard InChI is InChI=1S/C19H19N3O4S/c1-26-19(23)15-8-4-9-18(12-15)27(24,25)21-13-16-6-2-3-7-17(16)14-22-11-5-10-20-22/h2-12,21H,13-14H2,1H3. The van der Waals surface area contributed by atoms with Crippen molar-refractivity contribution < 1.29 is 17.9 Å². The number of aromatic nitrogens is 2. The molecule has 0 spiro atoms. The third-order valence-corrected chi connectivity index (χ3v) is 5.43. The van der Waals surface area contributed by atoms with E-state index in [4.69, 9.17) is 0 Å². The van der Waals surface area contributed by atoms with Crippen LogP contribution >= 0.6 is 0 Å². The summed E-state index contributed by atoms with van der Waals surface area (Å²) in [5.41, 5.74) is 1.99. The molecule has 0 aliphatic carbocycles. The minimum absolute atomic E-state index is 0.00922. The summed E-state index contributed by atoms with van der Waals surface area (Å²) < 4.78 is 34.2. The van der Waals surface area contributed by atoms with Gasteiger partial charge in [0.15, 0.2) is 0 Å². The number of carbonyl (C=O) groups excluding carboxylic acids is 1. The molecule has 1 N–H and O–H groups in total. The van der Waals surface area contributed by atoms with Gasteiger partial charge < -0.3 is 4.74 Å². The Bertz CT molecular complexity index is 1030. The molecule has 0 fully saturated rings. The molecule has 3 aromatic rings. The van der Waals surface area contributed by atoms with Gasteiger partial charge in [-0.05, 0) is 35.4 Å². The number of hydrogen-bond acceptors (Lipinski definition) is 5. The number of hydrogen-bond donors (Lipinski definition) is 1. The quantitative estimate of drug-likeness (QED) is 0.630. The lowest BCUT2D eigenvalue weighted by Gasteiger charge is -2.12. The van der Waals surface area contributed by atoms with Gasteiger partial charge in [0, 0.05) is 18.9 Å². The van der Waals surface area contributed by atoms with Crippen molar-refractivity contribution in [3.05, 3.63) is 83.7 Å². The van der Waals surface area contributed by atoms with Crippen molar-refractivity contribution in [2.24, 2.45) is 0 Å². The smallest absolute Gasteiger partial charge is 0.337 e. The molecule has 27 heavy (non-hydrogen) atoms. The summed E-state index contributed by atoms with van der Waals surface area (Å²) in [6.07, 6.45) is 3.54. The number of methoxy groups -OCH3 is 1. The fourth-order valence-corrected chi connectivity index (χ4v) is 3.67. The third-order valence-electron chi connectivity index (χ3n) is 4.03. The molecule has 8 heteroatoms. The van der Waals surface area contributed by atoms with Gasteiger partial charge in [0.25, 0.3) is 0 Å². The van der Waals surface area contributed by atoms with Crippen molar-refractivity contribution in [3.8, 4) is 0 Å². The van der Waals surface area contributed by atoms with E-state index in [0.717, 1.165) is 11.1 Å². The Morgan fingerprint density at radius 2 is 1.89 bits per heavy atom. The van der Waals surface area contributed by atoms with E-state index in [-0.39, 0.29) is 17.0 Å². The predicted octanol–water partition coefficient (Wildman–Crippen LogP) is 2.20. The Hall–Kier alpha value is -2.97. The fourth-order valence-electron chi connectivity index (χ4n) is 2.62. The number of sulfonamides is 1. The monoisotopic (exact) mass is 385 g/mol. The lowest BCUT2D eigenvalue weighted by molar-refractivity contribution is 0.0600. The van der Waals surface area contributed by atoms with E-state index in [1.54, 1.807) is 10.9 Å². The van der Waals surface area contributed by atoms with E-state index in [9.17, 15) is 13.2 Å². The number of esters is 1. The molecule has 2 aromatic carbocycles. The molecule has 7 nitrogen and oxygen atoms in total. The molecule has 3 rings (SSSR count). The Morgan fingerprint density at radius 1 is 1.11 bits per heavy atom. The first-order chi connectivity index (χ1) is 13.0. The number of ether oxygens (including phenoxy) is 1. The van der Waals surface area contributed by atoms with Gasteiger partial charge in [-0.1, -0.05) is 30.3 Å². The fraction of sp³-hybridized carbons (Fsp3) is 0.158. The molecule has 0 aliphatic heterocycles. The zero-order valence-electron chi connectivity index (χ0n) is 14.7. The van der Waals surface area contributed by atoms with Gasteiger partial charge in [-0.3, -0.25) is 4.68 Å². The van der Waals surface area contributed by atoms with Gasteiger partial charge in [0.2, 0.25) is 10.0 Å². The third kappa shape index (κ3) is 4.60. The van der Waals surface area contributed by atoms with Crippen LogP contribution < -0.4 is 4.72 Å². The number of benzene rings is 2. The number of nitrogens with one attached hydrogen (secondary N) is 1. The summed E-state index contributed by atoms with van der Waals surface area (Å²) in [5, 5.41) is 4.18. The summed E-state index contributed by atoms with van der Waals surface area (Å²) >= 11 is 0. The second kappa shape index (κ2) is 8.15. The molecule has 0 bridgehead atoms. The van der Waals surface area contributed by atoms with Gasteiger partial charge in [-0.15, -0.1) is 0 Å². The van der Waals surface area contributed by atoms with Crippen molar-refractivity contribution in [2.45, 2.75) is 18.0 Å². The van der Waals surface area contributed by atoms with E-state index in [0.29, 0.717) is 6.54 Å². The zero-order valence-corrected chi connectivity index (χ0v) is 15.5. The molecule has 0 saturated heterocycles. The molecule has 0 aliphatic rings. The van der Waals surface area contributed by atoms with Crippen LogP contribution in [0.2, 0.25) is 0 Å². The summed E-state index contributed by atoms with van der Waals surface area (Å²) in [4.78, 5) is 11.6. The van der Waals surface area contributed by atoms with E-state index in [2.05, 4.69) is 14.6 Å². The number of rotatable bonds is 7. The molecular weight excluding hydrogens is 366 g/mol. The van der Waals surface area contributed by atoms with Crippen LogP contribution in [0, 0.1) is 0 Å². The van der Waals surface area contributed by atoms with E-state index >= 15 is 0 Å². The van der Waals surface area contributed by atoms with Crippen molar-refractivity contribution in [1.29, 1.82) is 0 Å². The number of carbonyl (C=O) groups is 1. The SMILES string of the molecule is COC(=O)c1cccc(S(=O)(=O)NCc2ccccc2Cn2cccn2)c1. The Morgan fingerprint density at radius 3 is 2.59 bits per heavy atom. The predicted molar refractivity (Wildman–Crippen MR) is 99.6 cm³/mol. The maximum atomic E-state index is 12.6. The highest BCUT2D eigenvalue weighted by Gasteiger charge is 2.17. The van der Waals surface area contributed by atoms with Crippen molar-refractivity contribution in [2.75, 3.05) is 7.11 Å². The summed E-state index contributed by atoms with van der Waals surface area (Å²) in [6, 6.07) is 15.1. The molecule has 0 saturated carbocycles. The van der Waals surface area contributed by atoms with Crippen LogP contribution in [0.5, 0.6) is 0 Å². The molecule has 140 valence electrons. The van der Waals surface area contributed by atoms with Crippen LogP contribution in [0.3, 0.4) is 0 Å². The molecule has 1 aromatic heterocycles. The normalized spacial score (nSPS) is 11.3. The molecule has 0 amide bonds. The van der Waals surface area contributed by atoms with Gasteiger partial charge >= 0.3 is 5.97 Å². The first-order valence-electron chi connectivity index (χ1n) is 8.22. The summed E-state index contributed by atoms with van der Waals surface area (Å²) in [5.74, 6) is -0.586. The number of nitrogens with zero attached hydrogens (tertiary/aromatic N) is 2. The van der Waals surface area contributed by atoms with Gasteiger partial charge in [0.1, 0.15) is 0 Å². The average molecular weight is 385 g/mol. The van der Waals surface area contributed by atoms with Crippen LogP contribution in [0.15, 0.2) is 71.9 Å². The zero-order chi connectivity index (χ0) is 19.3. The molecular formula is C19H19N3O4S. The lowest BCUT2D eigenvalue weighted by atomic mass is 10.1. The minimum Gasteiger partial charge on any atom is -0.465 e. The largest absolute Gasteiger partial charge is 0.465 e. The van der Waals surface area contributed by atoms with Crippen LogP contribution in [-0.2, 0) is 27.8 Å². The molecule has 0 radical (unpaired) electrons. The van der Waals surface area contributed by atoms with E-state index in [1.165, 1.54) is 31.4 Å².